The number of anilines is 1. The maximum Gasteiger partial charge on any atom is 0.311 e. The fourth-order valence-electron chi connectivity index (χ4n) is 3.69. The van der Waals surface area contributed by atoms with E-state index in [1.165, 1.54) is 0 Å². The van der Waals surface area contributed by atoms with Crippen LogP contribution in [0.2, 0.25) is 0 Å². The fraction of sp³-hybridized carbons (Fsp3) is 0.500. The first kappa shape index (κ1) is 20.2. The van der Waals surface area contributed by atoms with Crippen LogP contribution in [0.1, 0.15) is 32.1 Å². The molecule has 2 aliphatic rings. The molecule has 7 nitrogen and oxygen atoms in total. The van der Waals surface area contributed by atoms with E-state index in [9.17, 15) is 19.6 Å². The van der Waals surface area contributed by atoms with E-state index in [2.05, 4.69) is 11.4 Å². The average molecular weight is 401 g/mol. The normalized spacial score (nSPS) is 20.6. The number of amides is 2. The van der Waals surface area contributed by atoms with Gasteiger partial charge in [-0.25, -0.2) is 0 Å². The van der Waals surface area contributed by atoms with Gasteiger partial charge in [0.1, 0.15) is 5.54 Å². The topological polar surface area (TPSA) is 99.5 Å². The van der Waals surface area contributed by atoms with Crippen molar-refractivity contribution >= 4 is 35.2 Å². The number of esters is 1. The Morgan fingerprint density at radius 1 is 1.39 bits per heavy atom. The minimum absolute atomic E-state index is 0.0616. The number of nitrogens with zero attached hydrogens (tertiary/aromatic N) is 2. The molecule has 1 aromatic carbocycles. The highest BCUT2D eigenvalue weighted by atomic mass is 32.2. The molecule has 0 radical (unpaired) electrons. The molecular weight excluding hydrogens is 378 g/mol. The SMILES string of the molecule is CSc1cccc(N2C[C@H](C(=O)OCC(=O)NC3(C#N)CCCC3)CC2=O)c1. The van der Waals surface area contributed by atoms with E-state index >= 15 is 0 Å². The van der Waals surface area contributed by atoms with Crippen molar-refractivity contribution in [1.82, 2.24) is 5.32 Å². The summed E-state index contributed by atoms with van der Waals surface area (Å²) in [6.45, 7) is -0.200. The van der Waals surface area contributed by atoms with Gasteiger partial charge in [-0.3, -0.25) is 14.4 Å². The Morgan fingerprint density at radius 3 is 2.82 bits per heavy atom. The van der Waals surface area contributed by atoms with Crippen molar-refractivity contribution in [3.63, 3.8) is 0 Å². The van der Waals surface area contributed by atoms with Gasteiger partial charge in [0.15, 0.2) is 6.61 Å². The van der Waals surface area contributed by atoms with Gasteiger partial charge in [-0.05, 0) is 50.1 Å². The number of benzene rings is 1. The molecule has 1 aromatic rings. The minimum atomic E-state index is -0.841. The fourth-order valence-corrected chi connectivity index (χ4v) is 4.15. The lowest BCUT2D eigenvalue weighted by Crippen LogP contribution is -2.47. The average Bonchev–Trinajstić information content (AvgIpc) is 3.33. The van der Waals surface area contributed by atoms with Gasteiger partial charge in [-0.1, -0.05) is 6.07 Å². The summed E-state index contributed by atoms with van der Waals surface area (Å²) < 4.78 is 5.12. The van der Waals surface area contributed by atoms with Crippen molar-refractivity contribution < 1.29 is 19.1 Å². The van der Waals surface area contributed by atoms with Gasteiger partial charge in [-0.15, -0.1) is 11.8 Å². The molecule has 1 heterocycles. The number of hydrogen-bond acceptors (Lipinski definition) is 6. The molecule has 8 heteroatoms. The Labute approximate surface area is 168 Å². The first-order valence-corrected chi connectivity index (χ1v) is 10.5. The number of nitriles is 1. The largest absolute Gasteiger partial charge is 0.455 e. The molecule has 2 fully saturated rings. The molecule has 1 atom stereocenters. The summed E-state index contributed by atoms with van der Waals surface area (Å²) in [6, 6.07) is 9.74. The Morgan fingerprint density at radius 2 is 2.14 bits per heavy atom. The van der Waals surface area contributed by atoms with Gasteiger partial charge in [0, 0.05) is 23.5 Å². The second-order valence-electron chi connectivity index (χ2n) is 7.16. The van der Waals surface area contributed by atoms with Crippen molar-refractivity contribution in [2.24, 2.45) is 5.92 Å². The minimum Gasteiger partial charge on any atom is -0.455 e. The predicted octanol–water partition coefficient (Wildman–Crippen LogP) is 2.26. The maximum absolute atomic E-state index is 12.3. The molecule has 3 rings (SSSR count). The van der Waals surface area contributed by atoms with Crippen LogP contribution in [0.4, 0.5) is 5.69 Å². The molecule has 1 aliphatic carbocycles. The van der Waals surface area contributed by atoms with Crippen LogP contribution in [0.15, 0.2) is 29.2 Å². The van der Waals surface area contributed by atoms with Gasteiger partial charge in [0.05, 0.1) is 12.0 Å². The van der Waals surface area contributed by atoms with Crippen LogP contribution in [0.5, 0.6) is 0 Å². The van der Waals surface area contributed by atoms with Gasteiger partial charge in [0.2, 0.25) is 5.91 Å². The Balaban J connectivity index is 1.53. The van der Waals surface area contributed by atoms with Crippen LogP contribution < -0.4 is 10.2 Å². The number of nitrogens with one attached hydrogen (secondary N) is 1. The van der Waals surface area contributed by atoms with E-state index in [0.717, 1.165) is 23.4 Å². The molecule has 1 aliphatic heterocycles. The summed E-state index contributed by atoms with van der Waals surface area (Å²) >= 11 is 1.58. The highest BCUT2D eigenvalue weighted by molar-refractivity contribution is 7.98. The van der Waals surface area contributed by atoms with Crippen molar-refractivity contribution in [2.45, 2.75) is 42.5 Å². The molecule has 28 heavy (non-hydrogen) atoms. The van der Waals surface area contributed by atoms with E-state index in [-0.39, 0.29) is 18.9 Å². The highest BCUT2D eigenvalue weighted by Crippen LogP contribution is 2.30. The molecule has 1 saturated carbocycles. The van der Waals surface area contributed by atoms with Crippen LogP contribution in [-0.4, -0.2) is 42.7 Å². The molecule has 2 amide bonds. The summed E-state index contributed by atoms with van der Waals surface area (Å²) in [7, 11) is 0. The van der Waals surface area contributed by atoms with Gasteiger partial charge < -0.3 is 15.0 Å². The summed E-state index contributed by atoms with van der Waals surface area (Å²) in [5, 5.41) is 12.0. The van der Waals surface area contributed by atoms with Crippen LogP contribution in [0.3, 0.4) is 0 Å². The van der Waals surface area contributed by atoms with E-state index in [1.54, 1.807) is 16.7 Å². The number of carbonyl (C=O) groups excluding carboxylic acids is 3. The van der Waals surface area contributed by atoms with Crippen molar-refractivity contribution in [2.75, 3.05) is 24.3 Å². The van der Waals surface area contributed by atoms with Gasteiger partial charge in [-0.2, -0.15) is 5.26 Å². The summed E-state index contributed by atoms with van der Waals surface area (Å²) in [5.74, 6) is -1.79. The van der Waals surface area contributed by atoms with E-state index in [0.29, 0.717) is 12.8 Å². The van der Waals surface area contributed by atoms with Crippen LogP contribution >= 0.6 is 11.8 Å². The third kappa shape index (κ3) is 4.47. The number of rotatable bonds is 6. The lowest BCUT2D eigenvalue weighted by molar-refractivity contribution is -0.152. The summed E-state index contributed by atoms with van der Waals surface area (Å²) in [4.78, 5) is 39.4. The zero-order valence-electron chi connectivity index (χ0n) is 15.8. The number of ether oxygens (including phenoxy) is 1. The summed E-state index contributed by atoms with van der Waals surface area (Å²) in [6.07, 6.45) is 5.04. The number of carbonyl (C=O) groups is 3. The van der Waals surface area contributed by atoms with Crippen molar-refractivity contribution in [3.05, 3.63) is 24.3 Å². The standard InChI is InChI=1S/C20H23N3O4S/c1-28-16-6-4-5-15(10-16)23-11-14(9-18(23)25)19(26)27-12-17(24)22-20(13-21)7-2-3-8-20/h4-6,10,14H,2-3,7-9,11-12H2,1H3,(H,22,24)/t14-/m1/s1. The Kier molecular flexibility index (Phi) is 6.25. The second-order valence-corrected chi connectivity index (χ2v) is 8.04. The van der Waals surface area contributed by atoms with Crippen molar-refractivity contribution in [1.29, 1.82) is 5.26 Å². The molecular formula is C20H23N3O4S. The van der Waals surface area contributed by atoms with Gasteiger partial charge >= 0.3 is 5.97 Å². The molecule has 0 bridgehead atoms. The lowest BCUT2D eigenvalue weighted by atomic mass is 10.00. The van der Waals surface area contributed by atoms with E-state index < -0.39 is 29.9 Å². The molecule has 1 saturated heterocycles. The Hall–Kier alpha value is -2.53. The molecule has 1 N–H and O–H groups in total. The van der Waals surface area contributed by atoms with Crippen molar-refractivity contribution in [3.8, 4) is 6.07 Å². The number of thioether (sulfide) groups is 1. The monoisotopic (exact) mass is 401 g/mol. The van der Waals surface area contributed by atoms with E-state index in [4.69, 9.17) is 4.74 Å². The van der Waals surface area contributed by atoms with Crippen LogP contribution in [-0.2, 0) is 19.1 Å². The molecule has 0 unspecified atom stereocenters. The zero-order chi connectivity index (χ0) is 20.1. The highest BCUT2D eigenvalue weighted by Gasteiger charge is 2.38. The lowest BCUT2D eigenvalue weighted by Gasteiger charge is -2.22. The summed E-state index contributed by atoms with van der Waals surface area (Å²) in [5.41, 5.74) is -0.0894. The molecule has 0 spiro atoms. The Bertz CT molecular complexity index is 814. The smallest absolute Gasteiger partial charge is 0.311 e. The third-order valence-electron chi connectivity index (χ3n) is 5.22. The molecule has 0 aromatic heterocycles. The first-order chi connectivity index (χ1) is 13.5. The van der Waals surface area contributed by atoms with Crippen LogP contribution in [0.25, 0.3) is 0 Å². The quantitative estimate of drug-likeness (QED) is 0.580. The van der Waals surface area contributed by atoms with E-state index in [1.807, 2.05) is 30.5 Å². The van der Waals surface area contributed by atoms with Crippen LogP contribution in [0, 0.1) is 17.2 Å². The zero-order valence-corrected chi connectivity index (χ0v) is 16.6. The third-order valence-corrected chi connectivity index (χ3v) is 5.94. The molecule has 148 valence electrons. The first-order valence-electron chi connectivity index (χ1n) is 9.30. The second kappa shape index (κ2) is 8.65. The maximum atomic E-state index is 12.3. The predicted molar refractivity (Wildman–Crippen MR) is 105 cm³/mol. The number of hydrogen-bond donors (Lipinski definition) is 1. The van der Waals surface area contributed by atoms with Gasteiger partial charge in [0.25, 0.3) is 5.91 Å².